The molecule has 1 aromatic heterocycles. The maximum atomic E-state index is 13.6. The molecule has 1 heterocycles. The fraction of sp³-hybridized carbons (Fsp3) is 0.167. The predicted octanol–water partition coefficient (Wildman–Crippen LogP) is 2.52. The number of benzene rings is 1. The summed E-state index contributed by atoms with van der Waals surface area (Å²) in [7, 11) is 1.52. The van der Waals surface area contributed by atoms with E-state index >= 15 is 0 Å². The summed E-state index contributed by atoms with van der Waals surface area (Å²) in [5.74, 6) is -1.55. The van der Waals surface area contributed by atoms with E-state index < -0.39 is 11.8 Å². The number of aryl methyl sites for hydroxylation is 1. The molecule has 0 fully saturated rings. The van der Waals surface area contributed by atoms with Crippen molar-refractivity contribution in [2.24, 2.45) is 7.05 Å². The number of nitrogens with one attached hydrogen (secondary N) is 1. The van der Waals surface area contributed by atoms with Gasteiger partial charge < -0.3 is 10.4 Å². The van der Waals surface area contributed by atoms with E-state index in [1.54, 1.807) is 6.07 Å². The first kappa shape index (κ1) is 13.4. The van der Waals surface area contributed by atoms with Crippen molar-refractivity contribution in [3.05, 3.63) is 46.5 Å². The lowest BCUT2D eigenvalue weighted by Crippen LogP contribution is -2.10. The molecule has 0 aliphatic carbocycles. The third kappa shape index (κ3) is 2.68. The van der Waals surface area contributed by atoms with Gasteiger partial charge in [0, 0.05) is 24.2 Å². The summed E-state index contributed by atoms with van der Waals surface area (Å²) in [5.41, 5.74) is 0.603. The fourth-order valence-electron chi connectivity index (χ4n) is 1.71. The average molecular weight is 284 g/mol. The Morgan fingerprint density at radius 2 is 2.32 bits per heavy atom. The molecule has 0 bridgehead atoms. The molecule has 100 valence electrons. The van der Waals surface area contributed by atoms with Crippen LogP contribution in [-0.4, -0.2) is 20.9 Å². The minimum absolute atomic E-state index is 0.00691. The molecule has 0 aliphatic heterocycles. The maximum Gasteiger partial charge on any atom is 0.356 e. The second-order valence-corrected chi connectivity index (χ2v) is 4.30. The Hall–Kier alpha value is -2.08. The fourth-order valence-corrected chi connectivity index (χ4v) is 1.94. The van der Waals surface area contributed by atoms with Crippen LogP contribution in [0, 0.1) is 5.82 Å². The molecule has 19 heavy (non-hydrogen) atoms. The van der Waals surface area contributed by atoms with E-state index in [1.807, 2.05) is 0 Å². The summed E-state index contributed by atoms with van der Waals surface area (Å²) in [6, 6.07) is 4.38. The van der Waals surface area contributed by atoms with Crippen LogP contribution >= 0.6 is 11.6 Å². The number of halogens is 2. The molecule has 0 atom stereocenters. The van der Waals surface area contributed by atoms with Gasteiger partial charge in [-0.2, -0.15) is 5.10 Å². The zero-order chi connectivity index (χ0) is 14.0. The van der Waals surface area contributed by atoms with E-state index in [-0.39, 0.29) is 22.8 Å². The number of carboxylic acid groups (broad SMARTS) is 1. The van der Waals surface area contributed by atoms with Crippen LogP contribution in [0.4, 0.5) is 10.1 Å². The Kier molecular flexibility index (Phi) is 3.71. The van der Waals surface area contributed by atoms with Crippen molar-refractivity contribution in [2.45, 2.75) is 6.54 Å². The molecule has 2 rings (SSSR count). The number of nitrogens with zero attached hydrogens (tertiary/aromatic N) is 2. The average Bonchev–Trinajstić information content (AvgIpc) is 2.70. The molecule has 2 N–H and O–H groups in total. The van der Waals surface area contributed by atoms with Crippen molar-refractivity contribution in [3.63, 3.8) is 0 Å². The van der Waals surface area contributed by atoms with Crippen LogP contribution in [0.2, 0.25) is 5.02 Å². The van der Waals surface area contributed by atoms with Gasteiger partial charge >= 0.3 is 5.97 Å². The molecule has 5 nitrogen and oxygen atoms in total. The first-order valence-corrected chi connectivity index (χ1v) is 5.80. The Labute approximate surface area is 113 Å². The van der Waals surface area contributed by atoms with Gasteiger partial charge in [-0.3, -0.25) is 4.68 Å². The molecule has 2 aromatic rings. The lowest BCUT2D eigenvalue weighted by molar-refractivity contribution is 0.0686. The Morgan fingerprint density at radius 1 is 1.58 bits per heavy atom. The number of hydrogen-bond acceptors (Lipinski definition) is 3. The zero-order valence-corrected chi connectivity index (χ0v) is 10.8. The number of rotatable bonds is 4. The van der Waals surface area contributed by atoms with Gasteiger partial charge in [0.1, 0.15) is 5.82 Å². The second kappa shape index (κ2) is 5.27. The van der Waals surface area contributed by atoms with Crippen LogP contribution in [-0.2, 0) is 13.6 Å². The third-order valence-electron chi connectivity index (χ3n) is 2.66. The van der Waals surface area contributed by atoms with Crippen LogP contribution in [0.15, 0.2) is 24.4 Å². The molecule has 0 unspecified atom stereocenters. The van der Waals surface area contributed by atoms with Crippen LogP contribution < -0.4 is 5.32 Å². The number of carboxylic acids is 1. The quantitative estimate of drug-likeness (QED) is 0.905. The molecule has 0 saturated heterocycles. The third-order valence-corrected chi connectivity index (χ3v) is 3.01. The summed E-state index contributed by atoms with van der Waals surface area (Å²) < 4.78 is 14.8. The van der Waals surface area contributed by atoms with Crippen molar-refractivity contribution < 1.29 is 14.3 Å². The number of carbonyl (C=O) groups is 1. The molecular weight excluding hydrogens is 273 g/mol. The highest BCUT2D eigenvalue weighted by molar-refractivity contribution is 6.31. The van der Waals surface area contributed by atoms with Crippen molar-refractivity contribution >= 4 is 23.3 Å². The number of aromatic nitrogens is 2. The summed E-state index contributed by atoms with van der Waals surface area (Å²) >= 11 is 5.89. The standard InChI is InChI=1S/C12H11ClFN3O2/c1-17-11(12(18)19)10(6-16-17)15-5-7-8(13)3-2-4-9(7)14/h2-4,6,15H,5H2,1H3,(H,18,19). The van der Waals surface area contributed by atoms with E-state index in [2.05, 4.69) is 10.4 Å². The van der Waals surface area contributed by atoms with E-state index in [1.165, 1.54) is 30.1 Å². The monoisotopic (exact) mass is 283 g/mol. The largest absolute Gasteiger partial charge is 0.476 e. The van der Waals surface area contributed by atoms with E-state index in [4.69, 9.17) is 16.7 Å². The minimum Gasteiger partial charge on any atom is -0.476 e. The number of anilines is 1. The summed E-state index contributed by atoms with van der Waals surface area (Å²) in [4.78, 5) is 11.0. The topological polar surface area (TPSA) is 67.2 Å². The van der Waals surface area contributed by atoms with Crippen LogP contribution in [0.5, 0.6) is 0 Å². The van der Waals surface area contributed by atoms with Gasteiger partial charge in [-0.25, -0.2) is 9.18 Å². The first-order valence-electron chi connectivity index (χ1n) is 5.42. The Morgan fingerprint density at radius 3 is 2.95 bits per heavy atom. The SMILES string of the molecule is Cn1ncc(NCc2c(F)cccc2Cl)c1C(=O)O. The molecule has 0 amide bonds. The Bertz CT molecular complexity index is 607. The van der Waals surface area contributed by atoms with Crippen LogP contribution in [0.25, 0.3) is 0 Å². The van der Waals surface area contributed by atoms with Crippen LogP contribution in [0.3, 0.4) is 0 Å². The molecule has 0 spiro atoms. The second-order valence-electron chi connectivity index (χ2n) is 3.89. The predicted molar refractivity (Wildman–Crippen MR) is 68.9 cm³/mol. The van der Waals surface area contributed by atoms with Gasteiger partial charge in [-0.1, -0.05) is 17.7 Å². The normalized spacial score (nSPS) is 10.5. The highest BCUT2D eigenvalue weighted by atomic mass is 35.5. The van der Waals surface area contributed by atoms with Gasteiger partial charge in [0.15, 0.2) is 5.69 Å². The molecule has 0 radical (unpaired) electrons. The van der Waals surface area contributed by atoms with Crippen molar-refractivity contribution in [2.75, 3.05) is 5.32 Å². The van der Waals surface area contributed by atoms with Gasteiger partial charge in [0.2, 0.25) is 0 Å². The first-order chi connectivity index (χ1) is 9.00. The number of aromatic carboxylic acids is 1. The van der Waals surface area contributed by atoms with Crippen molar-refractivity contribution in [3.8, 4) is 0 Å². The van der Waals surface area contributed by atoms with E-state index in [9.17, 15) is 9.18 Å². The lowest BCUT2D eigenvalue weighted by atomic mass is 10.2. The molecule has 1 aromatic carbocycles. The van der Waals surface area contributed by atoms with Crippen molar-refractivity contribution in [1.82, 2.24) is 9.78 Å². The highest BCUT2D eigenvalue weighted by Gasteiger charge is 2.16. The van der Waals surface area contributed by atoms with E-state index in [0.717, 1.165) is 0 Å². The highest BCUT2D eigenvalue weighted by Crippen LogP contribution is 2.21. The van der Waals surface area contributed by atoms with Crippen LogP contribution in [0.1, 0.15) is 16.1 Å². The Balaban J connectivity index is 2.22. The molecular formula is C12H11ClFN3O2. The smallest absolute Gasteiger partial charge is 0.356 e. The summed E-state index contributed by atoms with van der Waals surface area (Å²) in [6.07, 6.45) is 1.37. The van der Waals surface area contributed by atoms with Gasteiger partial charge in [-0.15, -0.1) is 0 Å². The van der Waals surface area contributed by atoms with Crippen molar-refractivity contribution in [1.29, 1.82) is 0 Å². The maximum absolute atomic E-state index is 13.6. The van der Waals surface area contributed by atoms with Gasteiger partial charge in [-0.05, 0) is 12.1 Å². The molecule has 7 heteroatoms. The summed E-state index contributed by atoms with van der Waals surface area (Å²) in [5, 5.41) is 16.0. The lowest BCUT2D eigenvalue weighted by Gasteiger charge is -2.08. The summed E-state index contributed by atoms with van der Waals surface area (Å²) in [6.45, 7) is 0.0808. The minimum atomic E-state index is -1.11. The van der Waals surface area contributed by atoms with Gasteiger partial charge in [0.05, 0.1) is 11.9 Å². The zero-order valence-electron chi connectivity index (χ0n) is 10.0. The van der Waals surface area contributed by atoms with E-state index in [0.29, 0.717) is 5.69 Å². The van der Waals surface area contributed by atoms with Gasteiger partial charge in [0.25, 0.3) is 0 Å². The molecule has 0 saturated carbocycles. The number of hydrogen-bond donors (Lipinski definition) is 2. The molecule has 0 aliphatic rings.